The monoisotopic (exact) mass is 389 g/mol. The van der Waals surface area contributed by atoms with E-state index in [0.717, 1.165) is 35.1 Å². The first-order valence-corrected chi connectivity index (χ1v) is 10.6. The predicted octanol–water partition coefficient (Wildman–Crippen LogP) is 3.71. The molecule has 3 heterocycles. The van der Waals surface area contributed by atoms with E-state index in [2.05, 4.69) is 21.7 Å². The van der Waals surface area contributed by atoms with Gasteiger partial charge >= 0.3 is 0 Å². The van der Waals surface area contributed by atoms with Gasteiger partial charge in [-0.15, -0.1) is 0 Å². The van der Waals surface area contributed by atoms with Gasteiger partial charge in [-0.05, 0) is 54.5 Å². The molecule has 29 heavy (non-hydrogen) atoms. The number of pyridine rings is 1. The molecule has 1 aromatic carbocycles. The SMILES string of the molecule is O=C(c1cc2ccccc2n1Cc1ccncc1)N1CCC2(CCC2)C(CO)C1. The fourth-order valence-corrected chi connectivity index (χ4v) is 5.23. The Bertz CT molecular complexity index is 1020. The Labute approximate surface area is 171 Å². The van der Waals surface area contributed by atoms with E-state index in [0.29, 0.717) is 13.1 Å². The summed E-state index contributed by atoms with van der Waals surface area (Å²) in [5.74, 6) is 0.273. The van der Waals surface area contributed by atoms with Gasteiger partial charge < -0.3 is 14.6 Å². The molecule has 1 unspecified atom stereocenters. The molecular formula is C24H27N3O2. The number of benzene rings is 1. The van der Waals surface area contributed by atoms with Crippen molar-refractivity contribution in [2.45, 2.75) is 32.2 Å². The second-order valence-corrected chi connectivity index (χ2v) is 8.63. The van der Waals surface area contributed by atoms with Crippen LogP contribution < -0.4 is 0 Å². The summed E-state index contributed by atoms with van der Waals surface area (Å²) >= 11 is 0. The number of piperidine rings is 1. The van der Waals surface area contributed by atoms with Crippen LogP contribution in [0, 0.1) is 11.3 Å². The Hall–Kier alpha value is -2.66. The van der Waals surface area contributed by atoms with Gasteiger partial charge in [-0.1, -0.05) is 24.6 Å². The molecular weight excluding hydrogens is 362 g/mol. The van der Waals surface area contributed by atoms with Crippen molar-refractivity contribution >= 4 is 16.8 Å². The van der Waals surface area contributed by atoms with Crippen molar-refractivity contribution in [1.29, 1.82) is 0 Å². The first-order chi connectivity index (χ1) is 14.2. The number of fused-ring (bicyclic) bond motifs is 1. The molecule has 2 fully saturated rings. The quantitative estimate of drug-likeness (QED) is 0.740. The van der Waals surface area contributed by atoms with Crippen molar-refractivity contribution in [2.75, 3.05) is 19.7 Å². The van der Waals surface area contributed by atoms with Gasteiger partial charge in [-0.3, -0.25) is 9.78 Å². The summed E-state index contributed by atoms with van der Waals surface area (Å²) in [6, 6.07) is 14.2. The van der Waals surface area contributed by atoms with Crippen LogP contribution in [-0.2, 0) is 6.54 Å². The number of carbonyl (C=O) groups excluding carboxylic acids is 1. The molecule has 5 rings (SSSR count). The Morgan fingerprint density at radius 2 is 1.93 bits per heavy atom. The highest BCUT2D eigenvalue weighted by molar-refractivity contribution is 5.99. The van der Waals surface area contributed by atoms with E-state index in [1.165, 1.54) is 19.3 Å². The number of para-hydroxylation sites is 1. The van der Waals surface area contributed by atoms with E-state index in [4.69, 9.17) is 0 Å². The van der Waals surface area contributed by atoms with Crippen LogP contribution in [0.15, 0.2) is 54.9 Å². The molecule has 2 aliphatic rings. The van der Waals surface area contributed by atoms with Crippen molar-refractivity contribution in [3.8, 4) is 0 Å². The average Bonchev–Trinajstić information content (AvgIpc) is 3.10. The van der Waals surface area contributed by atoms with Gasteiger partial charge in [0.15, 0.2) is 0 Å². The summed E-state index contributed by atoms with van der Waals surface area (Å²) in [7, 11) is 0. The largest absolute Gasteiger partial charge is 0.396 e. The van der Waals surface area contributed by atoms with Crippen molar-refractivity contribution in [3.05, 3.63) is 66.1 Å². The average molecular weight is 389 g/mol. The van der Waals surface area contributed by atoms with Crippen LogP contribution in [-0.4, -0.2) is 45.2 Å². The number of aromatic nitrogens is 2. The highest BCUT2D eigenvalue weighted by Crippen LogP contribution is 2.52. The molecule has 2 aromatic heterocycles. The molecule has 0 radical (unpaired) electrons. The maximum Gasteiger partial charge on any atom is 0.270 e. The molecule has 150 valence electrons. The summed E-state index contributed by atoms with van der Waals surface area (Å²) in [6.45, 7) is 2.25. The fraction of sp³-hybridized carbons (Fsp3) is 0.417. The second-order valence-electron chi connectivity index (χ2n) is 8.63. The third kappa shape index (κ3) is 3.14. The molecule has 0 bridgehead atoms. The maximum absolute atomic E-state index is 13.6. The van der Waals surface area contributed by atoms with E-state index in [1.54, 1.807) is 12.4 Å². The lowest BCUT2D eigenvalue weighted by molar-refractivity contribution is -0.0457. The summed E-state index contributed by atoms with van der Waals surface area (Å²) in [4.78, 5) is 19.6. The minimum atomic E-state index is 0.0721. The lowest BCUT2D eigenvalue weighted by Crippen LogP contribution is -2.53. The van der Waals surface area contributed by atoms with E-state index in [1.807, 2.05) is 35.2 Å². The number of hydrogen-bond acceptors (Lipinski definition) is 3. The standard InChI is InChI=1S/C24H27N3O2/c28-17-20-16-26(13-10-24(20)8-3-9-24)23(29)22-14-19-4-1-2-5-21(19)27(22)15-18-6-11-25-12-7-18/h1-2,4-7,11-12,14,20,28H,3,8-10,13,15-17H2. The third-order valence-electron chi connectivity index (χ3n) is 7.16. The molecule has 5 nitrogen and oxygen atoms in total. The minimum absolute atomic E-state index is 0.0721. The maximum atomic E-state index is 13.6. The molecule has 1 aliphatic carbocycles. The molecule has 3 aromatic rings. The van der Waals surface area contributed by atoms with Gasteiger partial charge in [0.1, 0.15) is 5.69 Å². The van der Waals surface area contributed by atoms with Gasteiger partial charge in [0.25, 0.3) is 5.91 Å². The highest BCUT2D eigenvalue weighted by atomic mass is 16.3. The molecule has 1 spiro atoms. The van der Waals surface area contributed by atoms with Crippen LogP contribution in [0.25, 0.3) is 10.9 Å². The molecule has 1 amide bonds. The van der Waals surface area contributed by atoms with Gasteiger partial charge in [0.2, 0.25) is 0 Å². The van der Waals surface area contributed by atoms with Gasteiger partial charge in [0, 0.05) is 55.5 Å². The number of likely N-dealkylation sites (tertiary alicyclic amines) is 1. The normalized spacial score (nSPS) is 20.7. The number of rotatable bonds is 4. The Morgan fingerprint density at radius 3 is 2.66 bits per heavy atom. The van der Waals surface area contributed by atoms with E-state index in [-0.39, 0.29) is 23.8 Å². The van der Waals surface area contributed by atoms with Gasteiger partial charge in [0.05, 0.1) is 0 Å². The lowest BCUT2D eigenvalue weighted by atomic mass is 9.58. The third-order valence-corrected chi connectivity index (χ3v) is 7.16. The Morgan fingerprint density at radius 1 is 1.14 bits per heavy atom. The van der Waals surface area contributed by atoms with Gasteiger partial charge in [-0.25, -0.2) is 0 Å². The number of aliphatic hydroxyl groups excluding tert-OH is 1. The van der Waals surface area contributed by atoms with Crippen LogP contribution in [0.2, 0.25) is 0 Å². The molecule has 1 saturated carbocycles. The first-order valence-electron chi connectivity index (χ1n) is 10.6. The number of carbonyl (C=O) groups is 1. The van der Waals surface area contributed by atoms with E-state index >= 15 is 0 Å². The van der Waals surface area contributed by atoms with E-state index < -0.39 is 0 Å². The number of hydrogen-bond donors (Lipinski definition) is 1. The summed E-state index contributed by atoms with van der Waals surface area (Å²) < 4.78 is 2.12. The smallest absolute Gasteiger partial charge is 0.270 e. The van der Waals surface area contributed by atoms with Crippen LogP contribution in [0.5, 0.6) is 0 Å². The van der Waals surface area contributed by atoms with Crippen LogP contribution in [0.3, 0.4) is 0 Å². The molecule has 1 atom stereocenters. The predicted molar refractivity (Wildman–Crippen MR) is 113 cm³/mol. The fourth-order valence-electron chi connectivity index (χ4n) is 5.23. The number of nitrogens with zero attached hydrogens (tertiary/aromatic N) is 3. The van der Waals surface area contributed by atoms with Crippen molar-refractivity contribution in [2.24, 2.45) is 11.3 Å². The zero-order valence-corrected chi connectivity index (χ0v) is 16.6. The summed E-state index contributed by atoms with van der Waals surface area (Å²) in [5, 5.41) is 11.1. The second kappa shape index (κ2) is 7.30. The summed E-state index contributed by atoms with van der Waals surface area (Å²) in [5.41, 5.74) is 3.19. The number of amides is 1. The number of aliphatic hydroxyl groups is 1. The topological polar surface area (TPSA) is 58.4 Å². The van der Waals surface area contributed by atoms with Crippen molar-refractivity contribution in [1.82, 2.24) is 14.5 Å². The van der Waals surface area contributed by atoms with Crippen molar-refractivity contribution in [3.63, 3.8) is 0 Å². The lowest BCUT2D eigenvalue weighted by Gasteiger charge is -2.53. The van der Waals surface area contributed by atoms with E-state index in [9.17, 15) is 9.90 Å². The minimum Gasteiger partial charge on any atom is -0.396 e. The van der Waals surface area contributed by atoms with Crippen LogP contribution >= 0.6 is 0 Å². The zero-order chi connectivity index (χ0) is 19.8. The highest BCUT2D eigenvalue weighted by Gasteiger charge is 2.47. The molecule has 1 N–H and O–H groups in total. The Kier molecular flexibility index (Phi) is 4.63. The van der Waals surface area contributed by atoms with Crippen LogP contribution in [0.4, 0.5) is 0 Å². The molecule has 1 aliphatic heterocycles. The first kappa shape index (κ1) is 18.4. The van der Waals surface area contributed by atoms with Gasteiger partial charge in [-0.2, -0.15) is 0 Å². The van der Waals surface area contributed by atoms with Crippen molar-refractivity contribution < 1.29 is 9.90 Å². The zero-order valence-electron chi connectivity index (χ0n) is 16.6. The molecule has 5 heteroatoms. The Balaban J connectivity index is 1.48. The molecule has 1 saturated heterocycles. The summed E-state index contributed by atoms with van der Waals surface area (Å²) in [6.07, 6.45) is 8.23. The van der Waals surface area contributed by atoms with Crippen LogP contribution in [0.1, 0.15) is 41.7 Å².